The van der Waals surface area contributed by atoms with Crippen molar-refractivity contribution < 1.29 is 19.1 Å². The zero-order chi connectivity index (χ0) is 21.8. The first-order valence-corrected chi connectivity index (χ1v) is 11.4. The van der Waals surface area contributed by atoms with Gasteiger partial charge in [-0.3, -0.25) is 14.9 Å². The number of hydrogen-bond acceptors (Lipinski definition) is 6. The van der Waals surface area contributed by atoms with Gasteiger partial charge in [0, 0.05) is 37.0 Å². The maximum absolute atomic E-state index is 12.6. The third kappa shape index (κ3) is 5.14. The van der Waals surface area contributed by atoms with Gasteiger partial charge in [-0.25, -0.2) is 0 Å². The van der Waals surface area contributed by atoms with Crippen LogP contribution in [0.5, 0.6) is 0 Å². The van der Waals surface area contributed by atoms with Crippen molar-refractivity contribution in [1.29, 1.82) is 0 Å². The molecular weight excluding hydrogens is 420 g/mol. The number of aliphatic hydroxyl groups is 1. The first-order chi connectivity index (χ1) is 15.0. The first-order valence-electron chi connectivity index (χ1n) is 11.0. The van der Waals surface area contributed by atoms with Crippen LogP contribution < -0.4 is 16.0 Å². The van der Waals surface area contributed by atoms with Crippen LogP contribution in [0.15, 0.2) is 16.5 Å². The quantitative estimate of drug-likeness (QED) is 0.524. The summed E-state index contributed by atoms with van der Waals surface area (Å²) in [5.41, 5.74) is 2.12. The first kappa shape index (κ1) is 21.9. The number of carbonyl (C=O) groups is 2. The summed E-state index contributed by atoms with van der Waals surface area (Å²) in [5.74, 6) is 0.133. The average Bonchev–Trinajstić information content (AvgIpc) is 3.35. The van der Waals surface area contributed by atoms with Gasteiger partial charge in [0.15, 0.2) is 12.1 Å². The fourth-order valence-electron chi connectivity index (χ4n) is 4.25. The predicted octanol–water partition coefficient (Wildman–Crippen LogP) is 2.83. The number of rotatable bonds is 5. The molecule has 1 unspecified atom stereocenters. The molecule has 1 atom stereocenters. The third-order valence-electron chi connectivity index (χ3n) is 5.87. The molecule has 3 heterocycles. The minimum Gasteiger partial charge on any atom is -0.451 e. The molecule has 1 aromatic heterocycles. The minimum absolute atomic E-state index is 0.192. The molecule has 1 saturated heterocycles. The Bertz CT molecular complexity index is 961. The highest BCUT2D eigenvalue weighted by Crippen LogP contribution is 2.37. The average molecular weight is 449 g/mol. The molecule has 2 aliphatic heterocycles. The number of nitrogens with one attached hydrogen (secondary N) is 3. The van der Waals surface area contributed by atoms with E-state index in [1.165, 1.54) is 0 Å². The summed E-state index contributed by atoms with van der Waals surface area (Å²) in [6.45, 7) is 2.66. The molecular formula is C22H29ClN4O4. The number of likely N-dealkylation sites (tertiary alicyclic amines) is 1. The second kappa shape index (κ2) is 9.89. The Hall–Kier alpha value is -2.29. The summed E-state index contributed by atoms with van der Waals surface area (Å²) in [6.07, 6.45) is 5.01. The lowest BCUT2D eigenvalue weighted by Gasteiger charge is -2.21. The van der Waals surface area contributed by atoms with Gasteiger partial charge in [-0.1, -0.05) is 18.0 Å². The van der Waals surface area contributed by atoms with Gasteiger partial charge in [-0.2, -0.15) is 0 Å². The van der Waals surface area contributed by atoms with E-state index in [9.17, 15) is 14.7 Å². The van der Waals surface area contributed by atoms with E-state index in [4.69, 9.17) is 16.0 Å². The normalized spacial score (nSPS) is 19.9. The Morgan fingerprint density at radius 3 is 2.94 bits per heavy atom. The van der Waals surface area contributed by atoms with Crippen molar-refractivity contribution in [2.75, 3.05) is 31.5 Å². The predicted molar refractivity (Wildman–Crippen MR) is 119 cm³/mol. The van der Waals surface area contributed by atoms with Crippen molar-refractivity contribution in [3.63, 3.8) is 0 Å². The van der Waals surface area contributed by atoms with Crippen LogP contribution in [0.3, 0.4) is 0 Å². The van der Waals surface area contributed by atoms with E-state index in [1.807, 2.05) is 4.90 Å². The lowest BCUT2D eigenvalue weighted by molar-refractivity contribution is -0.127. The van der Waals surface area contributed by atoms with Crippen LogP contribution >= 0.6 is 11.6 Å². The molecule has 0 bridgehead atoms. The topological polar surface area (TPSA) is 107 Å². The highest BCUT2D eigenvalue weighted by Gasteiger charge is 2.22. The molecule has 2 amide bonds. The summed E-state index contributed by atoms with van der Waals surface area (Å²) in [4.78, 5) is 26.1. The SMILES string of the molecule is O=C(NCCCN1CCCC1=O)c1cc2cc(Cl)c3c(c2o1)CCCCCNC(O)N3. The van der Waals surface area contributed by atoms with E-state index in [2.05, 4.69) is 16.0 Å². The van der Waals surface area contributed by atoms with E-state index in [0.29, 0.717) is 42.2 Å². The number of halogens is 1. The van der Waals surface area contributed by atoms with Crippen LogP contribution in [-0.4, -0.2) is 54.4 Å². The number of amides is 2. The number of benzene rings is 1. The van der Waals surface area contributed by atoms with Crippen LogP contribution in [0.1, 0.15) is 54.6 Å². The standard InChI is InChI=1S/C22H29ClN4O4/c23-16-12-14-13-17(21(29)24-9-5-11-27-10-4-7-18(27)28)31-20(14)15-6-2-1-3-8-25-22(30)26-19(15)16/h12-13,22,25-26,30H,1-11H2,(H,24,29). The number of nitrogens with zero attached hydrogens (tertiary/aromatic N) is 1. The van der Waals surface area contributed by atoms with E-state index < -0.39 is 6.35 Å². The molecule has 0 aliphatic carbocycles. The van der Waals surface area contributed by atoms with E-state index in [-0.39, 0.29) is 17.6 Å². The number of furan rings is 1. The molecule has 0 saturated carbocycles. The zero-order valence-corrected chi connectivity index (χ0v) is 18.3. The molecule has 2 aromatic rings. The molecule has 4 rings (SSSR count). The van der Waals surface area contributed by atoms with Crippen LogP contribution in [0.2, 0.25) is 5.02 Å². The van der Waals surface area contributed by atoms with Crippen molar-refractivity contribution in [1.82, 2.24) is 15.5 Å². The van der Waals surface area contributed by atoms with Gasteiger partial charge < -0.3 is 25.1 Å². The van der Waals surface area contributed by atoms with Gasteiger partial charge in [0.1, 0.15) is 5.58 Å². The maximum Gasteiger partial charge on any atom is 0.287 e. The van der Waals surface area contributed by atoms with Crippen molar-refractivity contribution in [2.24, 2.45) is 0 Å². The number of fused-ring (bicyclic) bond motifs is 3. The summed E-state index contributed by atoms with van der Waals surface area (Å²) in [6, 6.07) is 3.45. The Labute approximate surface area is 186 Å². The Balaban J connectivity index is 1.47. The third-order valence-corrected chi connectivity index (χ3v) is 6.16. The van der Waals surface area contributed by atoms with E-state index >= 15 is 0 Å². The lowest BCUT2D eigenvalue weighted by atomic mass is 10.0. The van der Waals surface area contributed by atoms with Crippen LogP contribution in [0.4, 0.5) is 5.69 Å². The molecule has 0 spiro atoms. The van der Waals surface area contributed by atoms with Crippen LogP contribution in [-0.2, 0) is 11.2 Å². The summed E-state index contributed by atoms with van der Waals surface area (Å²) >= 11 is 6.50. The number of anilines is 1. The van der Waals surface area contributed by atoms with Crippen LogP contribution in [0, 0.1) is 0 Å². The molecule has 1 fully saturated rings. The van der Waals surface area contributed by atoms with Gasteiger partial charge in [-0.05, 0) is 50.8 Å². The van der Waals surface area contributed by atoms with E-state index in [1.54, 1.807) is 12.1 Å². The van der Waals surface area contributed by atoms with Crippen molar-refractivity contribution >= 4 is 40.1 Å². The Kier molecular flexibility index (Phi) is 6.99. The fourth-order valence-corrected chi connectivity index (χ4v) is 4.54. The van der Waals surface area contributed by atoms with Crippen molar-refractivity contribution in [2.45, 2.75) is 51.3 Å². The molecule has 4 N–H and O–H groups in total. The molecule has 168 valence electrons. The summed E-state index contributed by atoms with van der Waals surface area (Å²) in [5, 5.41) is 20.3. The number of aryl methyl sites for hydroxylation is 1. The lowest BCUT2D eigenvalue weighted by Crippen LogP contribution is -2.37. The van der Waals surface area contributed by atoms with Crippen molar-refractivity contribution in [3.05, 3.63) is 28.5 Å². The highest BCUT2D eigenvalue weighted by atomic mass is 35.5. The fraction of sp³-hybridized carbons (Fsp3) is 0.545. The molecule has 1 aromatic carbocycles. The van der Waals surface area contributed by atoms with Crippen molar-refractivity contribution in [3.8, 4) is 0 Å². The molecule has 31 heavy (non-hydrogen) atoms. The number of carbonyl (C=O) groups excluding carboxylic acids is 2. The van der Waals surface area contributed by atoms with Gasteiger partial charge in [0.05, 0.1) is 10.7 Å². The summed E-state index contributed by atoms with van der Waals surface area (Å²) in [7, 11) is 0. The van der Waals surface area contributed by atoms with Crippen LogP contribution in [0.25, 0.3) is 11.0 Å². The summed E-state index contributed by atoms with van der Waals surface area (Å²) < 4.78 is 5.96. The second-order valence-corrected chi connectivity index (χ2v) is 8.55. The smallest absolute Gasteiger partial charge is 0.287 e. The van der Waals surface area contributed by atoms with E-state index in [0.717, 1.165) is 56.1 Å². The largest absolute Gasteiger partial charge is 0.451 e. The maximum atomic E-state index is 12.6. The molecule has 9 heteroatoms. The molecule has 2 aliphatic rings. The Morgan fingerprint density at radius 2 is 2.13 bits per heavy atom. The van der Waals surface area contributed by atoms with Gasteiger partial charge in [-0.15, -0.1) is 0 Å². The van der Waals surface area contributed by atoms with Gasteiger partial charge in [0.2, 0.25) is 5.91 Å². The second-order valence-electron chi connectivity index (χ2n) is 8.15. The number of aliphatic hydroxyl groups excluding tert-OH is 1. The highest BCUT2D eigenvalue weighted by molar-refractivity contribution is 6.34. The molecule has 8 nitrogen and oxygen atoms in total. The molecule has 0 radical (unpaired) electrons. The monoisotopic (exact) mass is 448 g/mol. The van der Waals surface area contributed by atoms with Gasteiger partial charge in [0.25, 0.3) is 5.91 Å². The zero-order valence-electron chi connectivity index (χ0n) is 17.5. The van der Waals surface area contributed by atoms with Gasteiger partial charge >= 0.3 is 0 Å². The minimum atomic E-state index is -0.910. The Morgan fingerprint density at radius 1 is 1.26 bits per heavy atom. The number of hydrogen-bond donors (Lipinski definition) is 4.